The van der Waals surface area contributed by atoms with Crippen LogP contribution in [-0.2, 0) is 4.79 Å². The highest BCUT2D eigenvalue weighted by atomic mass is 35.5. The summed E-state index contributed by atoms with van der Waals surface area (Å²) in [6.45, 7) is 3.01. The first-order valence-electron chi connectivity index (χ1n) is 7.20. The van der Waals surface area contributed by atoms with Gasteiger partial charge in [-0.1, -0.05) is 0 Å². The number of carbonyl (C=O) groups excluding carboxylic acids is 1. The van der Waals surface area contributed by atoms with Gasteiger partial charge in [-0.3, -0.25) is 4.79 Å². The molecule has 0 bridgehead atoms. The second-order valence-electron chi connectivity index (χ2n) is 5.43. The molecule has 1 amide bonds. The summed E-state index contributed by atoms with van der Waals surface area (Å²) < 4.78 is 0. The van der Waals surface area contributed by atoms with Gasteiger partial charge in [-0.15, -0.1) is 24.8 Å². The average Bonchev–Trinajstić information content (AvgIpc) is 3.04. The third-order valence-corrected chi connectivity index (χ3v) is 3.77. The van der Waals surface area contributed by atoms with Crippen LogP contribution in [0, 0.1) is 6.92 Å². The van der Waals surface area contributed by atoms with Gasteiger partial charge in [0.15, 0.2) is 0 Å². The van der Waals surface area contributed by atoms with E-state index < -0.39 is 0 Å². The molecule has 7 heteroatoms. The topological polar surface area (TPSA) is 69.8 Å². The summed E-state index contributed by atoms with van der Waals surface area (Å²) in [5.41, 5.74) is 2.71. The molecule has 2 heterocycles. The zero-order valence-corrected chi connectivity index (χ0v) is 14.1. The predicted molar refractivity (Wildman–Crippen MR) is 94.2 cm³/mol. The second-order valence-corrected chi connectivity index (χ2v) is 5.43. The van der Waals surface area contributed by atoms with Gasteiger partial charge in [-0.25, -0.2) is 4.98 Å². The van der Waals surface area contributed by atoms with Gasteiger partial charge in [0.25, 0.3) is 0 Å². The predicted octanol–water partition coefficient (Wildman–Crippen LogP) is 3.19. The number of hydrogen-bond donors (Lipinski definition) is 3. The first-order chi connectivity index (χ1) is 9.70. The smallest absolute Gasteiger partial charge is 0.224 e. The van der Waals surface area contributed by atoms with Gasteiger partial charge in [0, 0.05) is 18.2 Å². The Hall–Kier alpha value is -1.30. The fraction of sp³-hybridized carbons (Fsp3) is 0.467. The molecule has 1 aromatic carbocycles. The van der Waals surface area contributed by atoms with Gasteiger partial charge in [0.05, 0.1) is 11.0 Å². The maximum Gasteiger partial charge on any atom is 0.224 e. The number of rotatable bonds is 4. The molecule has 1 atom stereocenters. The Morgan fingerprint density at radius 3 is 2.95 bits per heavy atom. The zero-order chi connectivity index (χ0) is 13.9. The van der Waals surface area contributed by atoms with Crippen molar-refractivity contribution in [3.63, 3.8) is 0 Å². The van der Waals surface area contributed by atoms with E-state index in [-0.39, 0.29) is 30.7 Å². The molecule has 5 nitrogen and oxygen atoms in total. The highest BCUT2D eigenvalue weighted by molar-refractivity contribution is 5.93. The number of H-pyrrole nitrogens is 1. The van der Waals surface area contributed by atoms with E-state index in [1.54, 1.807) is 0 Å². The minimum atomic E-state index is 0. The summed E-state index contributed by atoms with van der Waals surface area (Å²) in [7, 11) is 0. The quantitative estimate of drug-likeness (QED) is 0.797. The number of benzene rings is 1. The molecular weight excluding hydrogens is 323 g/mol. The molecule has 1 fully saturated rings. The lowest BCUT2D eigenvalue weighted by Gasteiger charge is -2.10. The molecule has 0 radical (unpaired) electrons. The van der Waals surface area contributed by atoms with Gasteiger partial charge in [0.2, 0.25) is 5.91 Å². The fourth-order valence-corrected chi connectivity index (χ4v) is 2.75. The number of halogens is 2. The molecule has 0 spiro atoms. The molecule has 0 saturated carbocycles. The number of nitrogens with one attached hydrogen (secondary N) is 3. The number of imidazole rings is 1. The molecule has 1 saturated heterocycles. The first kappa shape index (κ1) is 18.7. The van der Waals surface area contributed by atoms with Gasteiger partial charge >= 0.3 is 0 Å². The van der Waals surface area contributed by atoms with Crippen molar-refractivity contribution < 1.29 is 4.79 Å². The molecule has 3 N–H and O–H groups in total. The normalized spacial score (nSPS) is 16.9. The van der Waals surface area contributed by atoms with Crippen LogP contribution in [0.25, 0.3) is 11.0 Å². The van der Waals surface area contributed by atoms with Crippen LogP contribution in [0.4, 0.5) is 5.69 Å². The van der Waals surface area contributed by atoms with Gasteiger partial charge < -0.3 is 15.6 Å². The van der Waals surface area contributed by atoms with Crippen molar-refractivity contribution in [3.05, 3.63) is 24.0 Å². The number of aryl methyl sites for hydroxylation is 1. The lowest BCUT2D eigenvalue weighted by Crippen LogP contribution is -2.23. The van der Waals surface area contributed by atoms with Crippen molar-refractivity contribution in [3.8, 4) is 0 Å². The van der Waals surface area contributed by atoms with E-state index in [4.69, 9.17) is 0 Å². The molecule has 1 aliphatic heterocycles. The Bertz CT molecular complexity index is 623. The molecule has 122 valence electrons. The SMILES string of the molecule is Cc1nc2ccc(NC(=O)CCC3CCCN3)cc2[nH]1.Cl.Cl. The highest BCUT2D eigenvalue weighted by Gasteiger charge is 2.15. The van der Waals surface area contributed by atoms with Crippen molar-refractivity contribution in [2.45, 2.75) is 38.6 Å². The summed E-state index contributed by atoms with van der Waals surface area (Å²) >= 11 is 0. The van der Waals surface area contributed by atoms with Crippen molar-refractivity contribution in [1.82, 2.24) is 15.3 Å². The number of aromatic amines is 1. The van der Waals surface area contributed by atoms with Crippen molar-refractivity contribution in [2.75, 3.05) is 11.9 Å². The van der Waals surface area contributed by atoms with Gasteiger partial charge in [-0.05, 0) is 50.9 Å². The van der Waals surface area contributed by atoms with Crippen LogP contribution in [0.5, 0.6) is 0 Å². The molecular formula is C15H22Cl2N4O. The Balaban J connectivity index is 0.00000121. The minimum absolute atomic E-state index is 0. The molecule has 3 rings (SSSR count). The number of nitrogens with zero attached hydrogens (tertiary/aromatic N) is 1. The number of anilines is 1. The fourth-order valence-electron chi connectivity index (χ4n) is 2.75. The maximum atomic E-state index is 11.9. The van der Waals surface area contributed by atoms with Crippen LogP contribution in [0.15, 0.2) is 18.2 Å². The number of fused-ring (bicyclic) bond motifs is 1. The summed E-state index contributed by atoms with van der Waals surface area (Å²) in [6.07, 6.45) is 3.89. The lowest BCUT2D eigenvalue weighted by atomic mass is 10.1. The van der Waals surface area contributed by atoms with Crippen LogP contribution in [-0.4, -0.2) is 28.5 Å². The number of carbonyl (C=O) groups is 1. The second kappa shape index (κ2) is 8.36. The minimum Gasteiger partial charge on any atom is -0.342 e. The third kappa shape index (κ3) is 4.60. The Kier molecular flexibility index (Phi) is 7.13. The van der Waals surface area contributed by atoms with Gasteiger partial charge in [0.1, 0.15) is 5.82 Å². The lowest BCUT2D eigenvalue weighted by molar-refractivity contribution is -0.116. The maximum absolute atomic E-state index is 11.9. The Morgan fingerprint density at radius 2 is 2.23 bits per heavy atom. The van der Waals surface area contributed by atoms with Crippen LogP contribution in [0.2, 0.25) is 0 Å². The number of aromatic nitrogens is 2. The Labute approximate surface area is 142 Å². The highest BCUT2D eigenvalue weighted by Crippen LogP contribution is 2.18. The standard InChI is InChI=1S/C15H20N4O.2ClH/c1-10-17-13-6-4-12(9-14(13)18-10)19-15(20)7-5-11-3-2-8-16-11;;/h4,6,9,11,16H,2-3,5,7-8H2,1H3,(H,17,18)(H,19,20);2*1H. The van der Waals surface area contributed by atoms with E-state index in [0.29, 0.717) is 12.5 Å². The van der Waals surface area contributed by atoms with E-state index in [1.807, 2.05) is 25.1 Å². The third-order valence-electron chi connectivity index (χ3n) is 3.77. The van der Waals surface area contributed by atoms with E-state index in [9.17, 15) is 4.79 Å². The molecule has 0 aliphatic carbocycles. The summed E-state index contributed by atoms with van der Waals surface area (Å²) in [5.74, 6) is 0.963. The zero-order valence-electron chi connectivity index (χ0n) is 12.5. The molecule has 1 aromatic heterocycles. The van der Waals surface area contributed by atoms with Crippen LogP contribution < -0.4 is 10.6 Å². The first-order valence-corrected chi connectivity index (χ1v) is 7.20. The van der Waals surface area contributed by atoms with Gasteiger partial charge in [-0.2, -0.15) is 0 Å². The van der Waals surface area contributed by atoms with E-state index >= 15 is 0 Å². The number of amides is 1. The molecule has 2 aromatic rings. The van der Waals surface area contributed by atoms with E-state index in [2.05, 4.69) is 20.6 Å². The van der Waals surface area contributed by atoms with Crippen molar-refractivity contribution >= 4 is 47.4 Å². The molecule has 22 heavy (non-hydrogen) atoms. The summed E-state index contributed by atoms with van der Waals surface area (Å²) in [4.78, 5) is 19.5. The van der Waals surface area contributed by atoms with E-state index in [1.165, 1.54) is 12.8 Å². The number of hydrogen-bond acceptors (Lipinski definition) is 3. The van der Waals surface area contributed by atoms with Crippen LogP contribution >= 0.6 is 24.8 Å². The Morgan fingerprint density at radius 1 is 1.41 bits per heavy atom. The van der Waals surface area contributed by atoms with Crippen LogP contribution in [0.3, 0.4) is 0 Å². The van der Waals surface area contributed by atoms with Crippen molar-refractivity contribution in [2.24, 2.45) is 0 Å². The van der Waals surface area contributed by atoms with Crippen molar-refractivity contribution in [1.29, 1.82) is 0 Å². The monoisotopic (exact) mass is 344 g/mol. The largest absolute Gasteiger partial charge is 0.342 e. The summed E-state index contributed by atoms with van der Waals surface area (Å²) in [6, 6.07) is 6.26. The molecule has 1 unspecified atom stereocenters. The van der Waals surface area contributed by atoms with Crippen LogP contribution in [0.1, 0.15) is 31.5 Å². The summed E-state index contributed by atoms with van der Waals surface area (Å²) in [5, 5.41) is 6.36. The average molecular weight is 345 g/mol. The van der Waals surface area contributed by atoms with E-state index in [0.717, 1.165) is 35.5 Å². The molecule has 1 aliphatic rings.